The fourth-order valence-corrected chi connectivity index (χ4v) is 3.56. The summed E-state index contributed by atoms with van der Waals surface area (Å²) in [6.45, 7) is 2.09. The Kier molecular flexibility index (Phi) is 4.27. The number of nitrogens with one attached hydrogen (secondary N) is 2. The molecule has 1 fully saturated rings. The minimum Gasteiger partial charge on any atom is -0.383 e. The van der Waals surface area contributed by atoms with E-state index in [9.17, 15) is 4.79 Å². The molecule has 1 aliphatic rings. The molecule has 3 heterocycles. The van der Waals surface area contributed by atoms with Crippen molar-refractivity contribution < 1.29 is 4.79 Å². The molecule has 136 valence electrons. The van der Waals surface area contributed by atoms with Gasteiger partial charge in [0, 0.05) is 11.8 Å². The molecule has 0 atom stereocenters. The second-order valence-corrected chi connectivity index (χ2v) is 6.67. The van der Waals surface area contributed by atoms with E-state index in [0.29, 0.717) is 16.9 Å². The second-order valence-electron chi connectivity index (χ2n) is 6.67. The van der Waals surface area contributed by atoms with Gasteiger partial charge in [0.2, 0.25) is 0 Å². The van der Waals surface area contributed by atoms with Gasteiger partial charge in [0.1, 0.15) is 12.1 Å². The van der Waals surface area contributed by atoms with Crippen LogP contribution in [0.5, 0.6) is 0 Å². The van der Waals surface area contributed by atoms with Crippen LogP contribution in [0.2, 0.25) is 0 Å². The Morgan fingerprint density at radius 2 is 2.19 bits per heavy atom. The Hall–Kier alpha value is -2.97. The molecule has 0 radical (unpaired) electrons. The average Bonchev–Trinajstić information content (AvgIpc) is 3.34. The first-order valence-electron chi connectivity index (χ1n) is 9.01. The van der Waals surface area contributed by atoms with E-state index < -0.39 is 0 Å². The lowest BCUT2D eigenvalue weighted by molar-refractivity contribution is 0.102. The van der Waals surface area contributed by atoms with Crippen LogP contribution >= 0.6 is 0 Å². The van der Waals surface area contributed by atoms with E-state index in [1.54, 1.807) is 0 Å². The van der Waals surface area contributed by atoms with Gasteiger partial charge in [-0.1, -0.05) is 26.2 Å². The predicted octanol–water partition coefficient (Wildman–Crippen LogP) is 2.45. The largest absolute Gasteiger partial charge is 0.383 e. The first kappa shape index (κ1) is 16.5. The van der Waals surface area contributed by atoms with Gasteiger partial charge in [-0.25, -0.2) is 14.6 Å². The number of carbonyl (C=O) groups is 1. The number of hydrogen-bond donors (Lipinski definition) is 3. The normalized spacial score (nSPS) is 15.0. The molecule has 4 N–H and O–H groups in total. The molecule has 4 rings (SSSR count). The Balaban J connectivity index is 1.69. The summed E-state index contributed by atoms with van der Waals surface area (Å²) in [5.41, 5.74) is 7.87. The number of H-pyrrole nitrogens is 1. The van der Waals surface area contributed by atoms with E-state index in [2.05, 4.69) is 37.5 Å². The highest BCUT2D eigenvalue weighted by Crippen LogP contribution is 2.33. The summed E-state index contributed by atoms with van der Waals surface area (Å²) in [4.78, 5) is 21.2. The van der Waals surface area contributed by atoms with Crippen LogP contribution < -0.4 is 11.1 Å². The number of amides is 1. The van der Waals surface area contributed by atoms with Gasteiger partial charge >= 0.3 is 0 Å². The van der Waals surface area contributed by atoms with E-state index in [1.807, 2.05) is 10.7 Å². The predicted molar refractivity (Wildman–Crippen MR) is 97.8 cm³/mol. The lowest BCUT2D eigenvalue weighted by atomic mass is 10.2. The molecule has 9 heteroatoms. The van der Waals surface area contributed by atoms with Crippen molar-refractivity contribution in [1.82, 2.24) is 29.9 Å². The van der Waals surface area contributed by atoms with Gasteiger partial charge in [0.05, 0.1) is 11.4 Å². The zero-order valence-corrected chi connectivity index (χ0v) is 14.7. The Morgan fingerprint density at radius 3 is 2.96 bits per heavy atom. The van der Waals surface area contributed by atoms with Crippen molar-refractivity contribution in [2.75, 3.05) is 11.1 Å². The van der Waals surface area contributed by atoms with Crippen LogP contribution in [0.15, 0.2) is 12.4 Å². The van der Waals surface area contributed by atoms with Crippen molar-refractivity contribution >= 4 is 28.6 Å². The van der Waals surface area contributed by atoms with Crippen LogP contribution in [0.1, 0.15) is 61.3 Å². The van der Waals surface area contributed by atoms with Crippen LogP contribution in [0.4, 0.5) is 11.6 Å². The number of rotatable bonds is 5. The molecule has 26 heavy (non-hydrogen) atoms. The summed E-state index contributed by atoms with van der Waals surface area (Å²) in [6.07, 6.45) is 7.66. The van der Waals surface area contributed by atoms with Gasteiger partial charge < -0.3 is 11.1 Å². The van der Waals surface area contributed by atoms with Crippen molar-refractivity contribution in [3.8, 4) is 0 Å². The van der Waals surface area contributed by atoms with Crippen molar-refractivity contribution in [2.24, 2.45) is 0 Å². The molecular formula is C17H22N8O. The maximum atomic E-state index is 12.8. The maximum Gasteiger partial charge on any atom is 0.278 e. The maximum absolute atomic E-state index is 12.8. The zero-order chi connectivity index (χ0) is 18.1. The molecule has 1 saturated carbocycles. The number of hydrogen-bond acceptors (Lipinski definition) is 6. The smallest absolute Gasteiger partial charge is 0.278 e. The lowest BCUT2D eigenvalue weighted by Crippen LogP contribution is -2.15. The average molecular weight is 354 g/mol. The van der Waals surface area contributed by atoms with E-state index in [-0.39, 0.29) is 23.5 Å². The molecule has 0 spiro atoms. The number of fused-ring (bicyclic) bond motifs is 1. The summed E-state index contributed by atoms with van der Waals surface area (Å²) in [6, 6.07) is 2.08. The quantitative estimate of drug-likeness (QED) is 0.646. The molecule has 0 saturated heterocycles. The minimum absolute atomic E-state index is 0.241. The minimum atomic E-state index is -0.359. The first-order valence-corrected chi connectivity index (χ1v) is 9.01. The highest BCUT2D eigenvalue weighted by molar-refractivity contribution is 6.12. The molecule has 3 aromatic heterocycles. The molecule has 0 bridgehead atoms. The Bertz CT molecular complexity index is 938. The molecule has 0 aromatic carbocycles. The fraction of sp³-hybridized carbons (Fsp3) is 0.471. The number of aromatic amines is 1. The number of nitrogens with two attached hydrogens (primary N) is 1. The number of aryl methyl sites for hydroxylation is 1. The topological polar surface area (TPSA) is 127 Å². The number of aromatic nitrogens is 6. The number of nitrogen functional groups attached to an aromatic ring is 1. The van der Waals surface area contributed by atoms with Crippen molar-refractivity contribution in [1.29, 1.82) is 0 Å². The third-order valence-electron chi connectivity index (χ3n) is 4.80. The molecule has 1 amide bonds. The van der Waals surface area contributed by atoms with Gasteiger partial charge in [0.15, 0.2) is 17.2 Å². The van der Waals surface area contributed by atoms with Gasteiger partial charge in [-0.3, -0.25) is 9.89 Å². The van der Waals surface area contributed by atoms with E-state index in [1.165, 1.54) is 6.33 Å². The third-order valence-corrected chi connectivity index (χ3v) is 4.80. The molecule has 1 aliphatic carbocycles. The van der Waals surface area contributed by atoms with Gasteiger partial charge in [-0.15, -0.1) is 0 Å². The third kappa shape index (κ3) is 2.89. The molecule has 3 aromatic rings. The molecule has 0 unspecified atom stereocenters. The Morgan fingerprint density at radius 1 is 1.38 bits per heavy atom. The second kappa shape index (κ2) is 6.74. The lowest BCUT2D eigenvalue weighted by Gasteiger charge is -2.09. The summed E-state index contributed by atoms with van der Waals surface area (Å²) in [7, 11) is 0. The number of carbonyl (C=O) groups excluding carboxylic acids is 1. The summed E-state index contributed by atoms with van der Waals surface area (Å²) >= 11 is 0. The van der Waals surface area contributed by atoms with Crippen LogP contribution in [-0.4, -0.2) is 35.9 Å². The van der Waals surface area contributed by atoms with Crippen molar-refractivity contribution in [3.05, 3.63) is 23.8 Å². The zero-order valence-electron chi connectivity index (χ0n) is 14.7. The fourth-order valence-electron chi connectivity index (χ4n) is 3.56. The van der Waals surface area contributed by atoms with Crippen LogP contribution in [0, 0.1) is 0 Å². The summed E-state index contributed by atoms with van der Waals surface area (Å²) in [5.74, 6) is 0.373. The van der Waals surface area contributed by atoms with Crippen molar-refractivity contribution in [2.45, 2.75) is 51.5 Å². The monoisotopic (exact) mass is 354 g/mol. The van der Waals surface area contributed by atoms with Crippen LogP contribution in [0.25, 0.3) is 11.0 Å². The van der Waals surface area contributed by atoms with Crippen LogP contribution in [-0.2, 0) is 6.42 Å². The SMILES string of the molecule is CCCc1cc(NC(=O)c2nn(C3CCCC3)c3ncnc(N)c23)n[nH]1. The molecule has 0 aliphatic heterocycles. The summed E-state index contributed by atoms with van der Waals surface area (Å²) < 4.78 is 1.84. The van der Waals surface area contributed by atoms with E-state index in [4.69, 9.17) is 5.73 Å². The van der Waals surface area contributed by atoms with Gasteiger partial charge in [-0.2, -0.15) is 10.2 Å². The van der Waals surface area contributed by atoms with Crippen LogP contribution in [0.3, 0.4) is 0 Å². The first-order chi connectivity index (χ1) is 12.7. The van der Waals surface area contributed by atoms with Gasteiger partial charge in [0.25, 0.3) is 5.91 Å². The highest BCUT2D eigenvalue weighted by Gasteiger charge is 2.26. The van der Waals surface area contributed by atoms with Gasteiger partial charge in [-0.05, 0) is 19.3 Å². The van der Waals surface area contributed by atoms with E-state index >= 15 is 0 Å². The standard InChI is InChI=1S/C17H22N8O/c1-2-5-10-8-12(23-22-10)21-17(26)14-13-15(18)19-9-20-16(13)25(24-14)11-6-3-4-7-11/h8-9,11H,2-7H2,1H3,(H2,18,19,20)(H2,21,22,23,26). The molecule has 9 nitrogen and oxygen atoms in total. The summed E-state index contributed by atoms with van der Waals surface area (Å²) in [5, 5.41) is 14.9. The van der Waals surface area contributed by atoms with E-state index in [0.717, 1.165) is 44.2 Å². The molecular weight excluding hydrogens is 332 g/mol. The Labute approximate surface area is 150 Å². The number of nitrogens with zero attached hydrogens (tertiary/aromatic N) is 5. The highest BCUT2D eigenvalue weighted by atomic mass is 16.2. The number of anilines is 2. The van der Waals surface area contributed by atoms with Crippen molar-refractivity contribution in [3.63, 3.8) is 0 Å².